The molecule has 0 heterocycles. The third kappa shape index (κ3) is 6.99. The molecule has 0 saturated heterocycles. The highest BCUT2D eigenvalue weighted by Crippen LogP contribution is 2.27. The second-order valence-electron chi connectivity index (χ2n) is 6.37. The summed E-state index contributed by atoms with van der Waals surface area (Å²) in [5.74, 6) is 0.851. The number of benzene rings is 2. The van der Waals surface area contributed by atoms with Gasteiger partial charge in [0.2, 0.25) is 0 Å². The molecule has 25 heavy (non-hydrogen) atoms. The fraction of sp³-hybridized carbons (Fsp3) is 0.368. The summed E-state index contributed by atoms with van der Waals surface area (Å²) in [6.07, 6.45) is 1.05. The molecule has 0 atom stereocenters. The van der Waals surface area contributed by atoms with E-state index in [1.54, 1.807) is 6.07 Å². The Morgan fingerprint density at radius 2 is 1.80 bits per heavy atom. The third-order valence-electron chi connectivity index (χ3n) is 4.06. The Morgan fingerprint density at radius 1 is 1.08 bits per heavy atom. The van der Waals surface area contributed by atoms with E-state index in [1.807, 2.05) is 24.3 Å². The van der Waals surface area contributed by atoms with Crippen molar-refractivity contribution in [1.82, 2.24) is 5.32 Å². The van der Waals surface area contributed by atoms with Gasteiger partial charge in [-0.2, -0.15) is 0 Å². The molecular formula is C19H23BrCl3NO. The maximum Gasteiger partial charge on any atom is 0.124 e. The number of hydrogen-bond acceptors (Lipinski definition) is 2. The maximum absolute atomic E-state index is 6.22. The average Bonchev–Trinajstić information content (AvgIpc) is 2.53. The van der Waals surface area contributed by atoms with E-state index in [2.05, 4.69) is 48.1 Å². The topological polar surface area (TPSA) is 21.3 Å². The molecule has 0 aliphatic heterocycles. The summed E-state index contributed by atoms with van der Waals surface area (Å²) in [4.78, 5) is 0. The summed E-state index contributed by atoms with van der Waals surface area (Å²) >= 11 is 15.7. The van der Waals surface area contributed by atoms with Gasteiger partial charge in [0, 0.05) is 37.7 Å². The van der Waals surface area contributed by atoms with Crippen LogP contribution in [0.25, 0.3) is 0 Å². The van der Waals surface area contributed by atoms with Crippen molar-refractivity contribution in [3.8, 4) is 5.75 Å². The third-order valence-corrected chi connectivity index (χ3v) is 5.14. The first-order valence-electron chi connectivity index (χ1n) is 7.91. The second kappa shape index (κ2) is 10.0. The van der Waals surface area contributed by atoms with Gasteiger partial charge in [-0.1, -0.05) is 52.1 Å². The summed E-state index contributed by atoms with van der Waals surface area (Å²) in [5.41, 5.74) is 2.10. The minimum Gasteiger partial charge on any atom is -0.489 e. The molecular weight excluding hydrogens is 444 g/mol. The zero-order valence-electron chi connectivity index (χ0n) is 14.5. The lowest BCUT2D eigenvalue weighted by Crippen LogP contribution is -2.37. The van der Waals surface area contributed by atoms with Crippen molar-refractivity contribution in [2.75, 3.05) is 0 Å². The van der Waals surface area contributed by atoms with Crippen LogP contribution in [0.15, 0.2) is 40.9 Å². The van der Waals surface area contributed by atoms with Gasteiger partial charge in [0.15, 0.2) is 0 Å². The SMILES string of the molecule is CCC(C)(C)NCc1cc(Br)ccc1OCc1ccc(Cl)cc1Cl.Cl. The van der Waals surface area contributed by atoms with Crippen molar-refractivity contribution in [3.05, 3.63) is 62.0 Å². The molecule has 0 spiro atoms. The molecule has 0 saturated carbocycles. The van der Waals surface area contributed by atoms with Crippen LogP contribution in [0.3, 0.4) is 0 Å². The normalized spacial score (nSPS) is 11.1. The lowest BCUT2D eigenvalue weighted by Gasteiger charge is -2.25. The molecule has 0 bridgehead atoms. The Balaban J connectivity index is 0.00000312. The highest BCUT2D eigenvalue weighted by molar-refractivity contribution is 9.10. The zero-order valence-corrected chi connectivity index (χ0v) is 18.5. The summed E-state index contributed by atoms with van der Waals surface area (Å²) in [6.45, 7) is 7.71. The van der Waals surface area contributed by atoms with Gasteiger partial charge in [0.1, 0.15) is 12.4 Å². The van der Waals surface area contributed by atoms with Crippen LogP contribution in [-0.4, -0.2) is 5.54 Å². The molecule has 0 radical (unpaired) electrons. The zero-order chi connectivity index (χ0) is 17.7. The van der Waals surface area contributed by atoms with Crippen LogP contribution < -0.4 is 10.1 Å². The van der Waals surface area contributed by atoms with Crippen LogP contribution in [-0.2, 0) is 13.2 Å². The summed E-state index contributed by atoms with van der Waals surface area (Å²) in [6, 6.07) is 11.5. The van der Waals surface area contributed by atoms with E-state index in [1.165, 1.54) is 0 Å². The van der Waals surface area contributed by atoms with Gasteiger partial charge in [0.05, 0.1) is 0 Å². The molecule has 2 aromatic rings. The molecule has 0 aliphatic carbocycles. The fourth-order valence-electron chi connectivity index (χ4n) is 2.08. The maximum atomic E-state index is 6.22. The van der Waals surface area contributed by atoms with Crippen molar-refractivity contribution in [2.45, 2.75) is 45.9 Å². The summed E-state index contributed by atoms with van der Waals surface area (Å²) in [5, 5.41) is 4.81. The van der Waals surface area contributed by atoms with E-state index in [-0.39, 0.29) is 17.9 Å². The summed E-state index contributed by atoms with van der Waals surface area (Å²) in [7, 11) is 0. The molecule has 1 N–H and O–H groups in total. The number of hydrogen-bond donors (Lipinski definition) is 1. The largest absolute Gasteiger partial charge is 0.489 e. The van der Waals surface area contributed by atoms with Gasteiger partial charge in [-0.3, -0.25) is 0 Å². The van der Waals surface area contributed by atoms with E-state index in [0.717, 1.165) is 34.3 Å². The minimum absolute atomic E-state index is 0. The van der Waals surface area contributed by atoms with Gasteiger partial charge in [-0.05, 0) is 50.6 Å². The molecule has 2 rings (SSSR count). The molecule has 0 aliphatic rings. The highest BCUT2D eigenvalue weighted by atomic mass is 79.9. The monoisotopic (exact) mass is 465 g/mol. The second-order valence-corrected chi connectivity index (χ2v) is 8.13. The van der Waals surface area contributed by atoms with Gasteiger partial charge in [-0.25, -0.2) is 0 Å². The number of rotatable bonds is 7. The van der Waals surface area contributed by atoms with Crippen LogP contribution in [0.5, 0.6) is 5.75 Å². The van der Waals surface area contributed by atoms with Gasteiger partial charge >= 0.3 is 0 Å². The van der Waals surface area contributed by atoms with Gasteiger partial charge in [0.25, 0.3) is 0 Å². The van der Waals surface area contributed by atoms with Crippen LogP contribution in [0, 0.1) is 0 Å². The quantitative estimate of drug-likeness (QED) is 0.472. The first-order chi connectivity index (χ1) is 11.3. The Kier molecular flexibility index (Phi) is 9.07. The Bertz CT molecular complexity index is 707. The van der Waals surface area contributed by atoms with E-state index in [4.69, 9.17) is 27.9 Å². The van der Waals surface area contributed by atoms with E-state index in [9.17, 15) is 0 Å². The van der Waals surface area contributed by atoms with Crippen molar-refractivity contribution in [1.29, 1.82) is 0 Å². The van der Waals surface area contributed by atoms with Gasteiger partial charge in [-0.15, -0.1) is 12.4 Å². The lowest BCUT2D eigenvalue weighted by atomic mass is 10.0. The molecule has 0 unspecified atom stereocenters. The average molecular weight is 468 g/mol. The van der Waals surface area contributed by atoms with E-state index in [0.29, 0.717) is 16.7 Å². The molecule has 0 amide bonds. The first-order valence-corrected chi connectivity index (χ1v) is 9.46. The molecule has 0 fully saturated rings. The minimum atomic E-state index is 0. The van der Waals surface area contributed by atoms with Crippen molar-refractivity contribution >= 4 is 51.5 Å². The standard InChI is InChI=1S/C19H22BrCl2NO.ClH/c1-4-19(2,3)23-11-14-9-15(20)6-8-18(14)24-12-13-5-7-16(21)10-17(13)22;/h5-10,23H,4,11-12H2,1-3H3;1H. The Hall–Kier alpha value is -0.450. The molecule has 6 heteroatoms. The fourth-order valence-corrected chi connectivity index (χ4v) is 2.95. The predicted octanol–water partition coefficient (Wildman–Crippen LogP) is 7.03. The van der Waals surface area contributed by atoms with Crippen LogP contribution in [0.4, 0.5) is 0 Å². The van der Waals surface area contributed by atoms with E-state index >= 15 is 0 Å². The van der Waals surface area contributed by atoms with Crippen molar-refractivity contribution < 1.29 is 4.74 Å². The predicted molar refractivity (Wildman–Crippen MR) is 113 cm³/mol. The van der Waals surface area contributed by atoms with Crippen LogP contribution >= 0.6 is 51.5 Å². The highest BCUT2D eigenvalue weighted by Gasteiger charge is 2.15. The number of ether oxygens (including phenoxy) is 1. The number of nitrogens with one attached hydrogen (secondary N) is 1. The lowest BCUT2D eigenvalue weighted by molar-refractivity contribution is 0.298. The van der Waals surface area contributed by atoms with E-state index < -0.39 is 0 Å². The molecule has 0 aromatic heterocycles. The Labute approximate surface area is 174 Å². The van der Waals surface area contributed by atoms with Crippen LogP contribution in [0.1, 0.15) is 38.3 Å². The number of halogens is 4. The molecule has 2 nitrogen and oxygen atoms in total. The van der Waals surface area contributed by atoms with Crippen molar-refractivity contribution in [3.63, 3.8) is 0 Å². The van der Waals surface area contributed by atoms with Crippen LogP contribution in [0.2, 0.25) is 10.0 Å². The smallest absolute Gasteiger partial charge is 0.124 e. The Morgan fingerprint density at radius 3 is 2.44 bits per heavy atom. The molecule has 2 aromatic carbocycles. The van der Waals surface area contributed by atoms with Crippen molar-refractivity contribution in [2.24, 2.45) is 0 Å². The van der Waals surface area contributed by atoms with Gasteiger partial charge < -0.3 is 10.1 Å². The summed E-state index contributed by atoms with van der Waals surface area (Å²) < 4.78 is 7.04. The molecule has 138 valence electrons. The first kappa shape index (κ1) is 22.6.